The Morgan fingerprint density at radius 1 is 1.61 bits per heavy atom. The highest BCUT2D eigenvalue weighted by Crippen LogP contribution is 2.27. The van der Waals surface area contributed by atoms with E-state index >= 15 is 0 Å². The van der Waals surface area contributed by atoms with E-state index in [1.165, 1.54) is 12.3 Å². The molecule has 4 heteroatoms. The zero-order valence-electron chi connectivity index (χ0n) is 10.7. The Kier molecular flexibility index (Phi) is 3.53. The topological polar surface area (TPSA) is 25.4 Å². The predicted molar refractivity (Wildman–Crippen MR) is 67.7 cm³/mol. The van der Waals surface area contributed by atoms with Crippen LogP contribution in [-0.4, -0.2) is 34.6 Å². The Hall–Kier alpha value is -1.60. The van der Waals surface area contributed by atoms with Crippen LogP contribution in [0.25, 0.3) is 0 Å². The van der Waals surface area contributed by atoms with Gasteiger partial charge in [-0.3, -0.25) is 4.90 Å². The van der Waals surface area contributed by atoms with E-state index in [4.69, 9.17) is 11.2 Å². The van der Waals surface area contributed by atoms with Crippen LogP contribution in [0.3, 0.4) is 0 Å². The number of hydrogen-bond acceptors (Lipinski definition) is 3. The van der Waals surface area contributed by atoms with Crippen molar-refractivity contribution in [2.75, 3.05) is 13.2 Å². The number of hydrogen-bond donors (Lipinski definition) is 0. The lowest BCUT2D eigenvalue weighted by atomic mass is 9.93. The van der Waals surface area contributed by atoms with E-state index in [2.05, 4.69) is 15.8 Å². The van der Waals surface area contributed by atoms with Gasteiger partial charge in [-0.25, -0.2) is 4.98 Å². The zero-order valence-corrected chi connectivity index (χ0v) is 10.7. The first-order chi connectivity index (χ1) is 8.53. The van der Waals surface area contributed by atoms with Gasteiger partial charge in [0.25, 0.3) is 0 Å². The minimum absolute atomic E-state index is 0.243. The number of pyridine rings is 1. The first kappa shape index (κ1) is 12.8. The molecule has 1 saturated heterocycles. The summed E-state index contributed by atoms with van der Waals surface area (Å²) in [4.78, 5) is 5.79. The van der Waals surface area contributed by atoms with Crippen molar-refractivity contribution in [3.05, 3.63) is 24.3 Å². The van der Waals surface area contributed by atoms with Crippen molar-refractivity contribution in [1.29, 1.82) is 0 Å². The number of aromatic nitrogens is 1. The van der Waals surface area contributed by atoms with Gasteiger partial charge >= 0.3 is 0 Å². The number of halogens is 1. The summed E-state index contributed by atoms with van der Waals surface area (Å²) in [6.45, 7) is 5.60. The second-order valence-electron chi connectivity index (χ2n) is 4.97. The van der Waals surface area contributed by atoms with Crippen LogP contribution in [0, 0.1) is 18.3 Å². The van der Waals surface area contributed by atoms with Gasteiger partial charge in [-0.1, -0.05) is 5.92 Å². The molecular weight excluding hydrogens is 231 g/mol. The highest BCUT2D eigenvalue weighted by molar-refractivity contribution is 5.17. The summed E-state index contributed by atoms with van der Waals surface area (Å²) >= 11 is 0. The summed E-state index contributed by atoms with van der Waals surface area (Å²) in [5.74, 6) is 2.87. The standard InChI is InChI=1S/C14H17FN2O/c1-4-14(2,3)17-8-7-11(17)10-18-12-5-6-13(15)16-9-12/h1,5-6,9,11H,7-8,10H2,2-3H3/t11-/m1/s1. The number of rotatable bonds is 4. The summed E-state index contributed by atoms with van der Waals surface area (Å²) in [6.07, 6.45) is 7.98. The molecule has 2 heterocycles. The molecule has 1 aromatic rings. The van der Waals surface area contributed by atoms with Crippen LogP contribution in [0.15, 0.2) is 18.3 Å². The van der Waals surface area contributed by atoms with Crippen molar-refractivity contribution in [2.24, 2.45) is 0 Å². The molecule has 0 radical (unpaired) electrons. The lowest BCUT2D eigenvalue weighted by Crippen LogP contribution is -2.59. The molecule has 3 nitrogen and oxygen atoms in total. The molecule has 0 spiro atoms. The highest BCUT2D eigenvalue weighted by Gasteiger charge is 2.38. The Morgan fingerprint density at radius 2 is 2.39 bits per heavy atom. The molecule has 1 aliphatic rings. The van der Waals surface area contributed by atoms with Gasteiger partial charge in [0.1, 0.15) is 12.4 Å². The molecule has 0 aromatic carbocycles. The summed E-state index contributed by atoms with van der Waals surface area (Å²) in [5, 5.41) is 0. The van der Waals surface area contributed by atoms with Gasteiger partial charge in [0, 0.05) is 12.6 Å². The monoisotopic (exact) mass is 248 g/mol. The molecule has 1 fully saturated rings. The number of likely N-dealkylation sites (tertiary alicyclic amines) is 1. The first-order valence-electron chi connectivity index (χ1n) is 6.02. The molecular formula is C14H17FN2O. The summed E-state index contributed by atoms with van der Waals surface area (Å²) in [6, 6.07) is 3.19. The highest BCUT2D eigenvalue weighted by atomic mass is 19.1. The maximum absolute atomic E-state index is 12.6. The van der Waals surface area contributed by atoms with Gasteiger partial charge in [-0.15, -0.1) is 6.42 Å². The van der Waals surface area contributed by atoms with Gasteiger partial charge in [0.2, 0.25) is 5.95 Å². The van der Waals surface area contributed by atoms with Crippen LogP contribution in [0.4, 0.5) is 4.39 Å². The molecule has 0 amide bonds. The van der Waals surface area contributed by atoms with Crippen molar-refractivity contribution < 1.29 is 9.13 Å². The van der Waals surface area contributed by atoms with Crippen LogP contribution < -0.4 is 4.74 Å². The molecule has 0 unspecified atom stereocenters. The predicted octanol–water partition coefficient (Wildman–Crippen LogP) is 2.09. The van der Waals surface area contributed by atoms with Crippen molar-refractivity contribution in [3.8, 4) is 18.1 Å². The average Bonchev–Trinajstić information content (AvgIpc) is 2.30. The largest absolute Gasteiger partial charge is 0.490 e. The Bertz CT molecular complexity index is 450. The average molecular weight is 248 g/mol. The second-order valence-corrected chi connectivity index (χ2v) is 4.97. The molecule has 0 aliphatic carbocycles. The lowest BCUT2D eigenvalue weighted by molar-refractivity contribution is -0.00356. The van der Waals surface area contributed by atoms with Gasteiger partial charge in [-0.05, 0) is 32.4 Å². The van der Waals surface area contributed by atoms with Gasteiger partial charge in [-0.2, -0.15) is 4.39 Å². The fraction of sp³-hybridized carbons (Fsp3) is 0.500. The Balaban J connectivity index is 1.88. The number of terminal acetylenes is 1. The van der Waals surface area contributed by atoms with E-state index in [0.717, 1.165) is 13.0 Å². The molecule has 0 N–H and O–H groups in total. The van der Waals surface area contributed by atoms with Gasteiger partial charge in [0.15, 0.2) is 0 Å². The normalized spacial score (nSPS) is 20.0. The smallest absolute Gasteiger partial charge is 0.213 e. The fourth-order valence-electron chi connectivity index (χ4n) is 2.07. The van der Waals surface area contributed by atoms with Crippen molar-refractivity contribution in [1.82, 2.24) is 9.88 Å². The summed E-state index contributed by atoms with van der Waals surface area (Å²) < 4.78 is 18.2. The van der Waals surface area contributed by atoms with E-state index in [0.29, 0.717) is 18.4 Å². The third-order valence-corrected chi connectivity index (χ3v) is 3.36. The minimum atomic E-state index is -0.499. The number of ether oxygens (including phenoxy) is 1. The minimum Gasteiger partial charge on any atom is -0.490 e. The maximum atomic E-state index is 12.6. The molecule has 96 valence electrons. The molecule has 0 bridgehead atoms. The molecule has 0 saturated carbocycles. The first-order valence-corrected chi connectivity index (χ1v) is 6.02. The van der Waals surface area contributed by atoms with Crippen LogP contribution in [-0.2, 0) is 0 Å². The Labute approximate surface area is 107 Å². The SMILES string of the molecule is C#CC(C)(C)N1CC[C@@H]1COc1ccc(F)nc1. The quantitative estimate of drug-likeness (QED) is 0.602. The van der Waals surface area contributed by atoms with E-state index < -0.39 is 5.95 Å². The van der Waals surface area contributed by atoms with Gasteiger partial charge in [0.05, 0.1) is 11.7 Å². The van der Waals surface area contributed by atoms with E-state index in [-0.39, 0.29) is 5.54 Å². The zero-order chi connectivity index (χ0) is 13.2. The van der Waals surface area contributed by atoms with Crippen LogP contribution in [0.1, 0.15) is 20.3 Å². The second kappa shape index (κ2) is 4.95. The molecule has 1 aliphatic heterocycles. The van der Waals surface area contributed by atoms with Crippen molar-refractivity contribution >= 4 is 0 Å². The fourth-order valence-corrected chi connectivity index (χ4v) is 2.07. The van der Waals surface area contributed by atoms with Crippen LogP contribution in [0.5, 0.6) is 5.75 Å². The van der Waals surface area contributed by atoms with Crippen molar-refractivity contribution in [2.45, 2.75) is 31.8 Å². The van der Waals surface area contributed by atoms with E-state index in [9.17, 15) is 4.39 Å². The van der Waals surface area contributed by atoms with E-state index in [1.807, 2.05) is 13.8 Å². The summed E-state index contributed by atoms with van der Waals surface area (Å²) in [7, 11) is 0. The summed E-state index contributed by atoms with van der Waals surface area (Å²) in [5.41, 5.74) is -0.243. The Morgan fingerprint density at radius 3 is 2.89 bits per heavy atom. The maximum Gasteiger partial charge on any atom is 0.213 e. The van der Waals surface area contributed by atoms with Crippen LogP contribution in [0.2, 0.25) is 0 Å². The molecule has 1 atom stereocenters. The third-order valence-electron chi connectivity index (χ3n) is 3.36. The van der Waals surface area contributed by atoms with E-state index in [1.54, 1.807) is 6.07 Å². The van der Waals surface area contributed by atoms with Gasteiger partial charge < -0.3 is 4.74 Å². The van der Waals surface area contributed by atoms with Crippen LogP contribution >= 0.6 is 0 Å². The lowest BCUT2D eigenvalue weighted by Gasteiger charge is -2.48. The number of nitrogens with zero attached hydrogens (tertiary/aromatic N) is 2. The molecule has 2 rings (SSSR count). The van der Waals surface area contributed by atoms with Crippen molar-refractivity contribution in [3.63, 3.8) is 0 Å². The molecule has 1 aromatic heterocycles. The molecule has 18 heavy (non-hydrogen) atoms. The third kappa shape index (κ3) is 2.62.